The highest BCUT2D eigenvalue weighted by molar-refractivity contribution is 6.09. The smallest absolute Gasteiger partial charge is 0.261 e. The zero-order valence-corrected chi connectivity index (χ0v) is 12.4. The Labute approximate surface area is 124 Å². The number of rotatable bonds is 4. The van der Waals surface area contributed by atoms with E-state index in [1.165, 1.54) is 0 Å². The fourth-order valence-electron chi connectivity index (χ4n) is 2.64. The van der Waals surface area contributed by atoms with Gasteiger partial charge in [-0.25, -0.2) is 0 Å². The van der Waals surface area contributed by atoms with E-state index in [1.54, 1.807) is 35.2 Å². The number of hydrogen-bond acceptors (Lipinski definition) is 3. The molecule has 0 N–H and O–H groups in total. The van der Waals surface area contributed by atoms with Gasteiger partial charge >= 0.3 is 0 Å². The summed E-state index contributed by atoms with van der Waals surface area (Å²) in [6, 6.07) is 7.95. The van der Waals surface area contributed by atoms with Gasteiger partial charge in [0.1, 0.15) is 6.04 Å². The van der Waals surface area contributed by atoms with Crippen molar-refractivity contribution in [2.45, 2.75) is 32.7 Å². The summed E-state index contributed by atoms with van der Waals surface area (Å²) in [5, 5.41) is 0. The highest BCUT2D eigenvalue weighted by Gasteiger charge is 2.41. The molecule has 0 bridgehead atoms. The van der Waals surface area contributed by atoms with Crippen LogP contribution >= 0.6 is 0 Å². The summed E-state index contributed by atoms with van der Waals surface area (Å²) in [7, 11) is 0. The number of imide groups is 1. The van der Waals surface area contributed by atoms with Crippen LogP contribution in [-0.4, -0.2) is 46.7 Å². The van der Waals surface area contributed by atoms with Crippen LogP contribution in [0.1, 0.15) is 37.0 Å². The molecule has 0 radical (unpaired) electrons. The Morgan fingerprint density at radius 3 is 2.38 bits per heavy atom. The van der Waals surface area contributed by atoms with Crippen LogP contribution in [0.3, 0.4) is 0 Å². The molecule has 0 aliphatic carbocycles. The molecule has 3 amide bonds. The standard InChI is InChI=1S/C16H20N2O3/c1-3-17(4-2)16(21)13-10-11-14(19)18(13)15(20)12-8-6-5-7-9-12/h5-9,13H,3-4,10-11H2,1-2H3/t13-/m0/s1. The van der Waals surface area contributed by atoms with Crippen molar-refractivity contribution < 1.29 is 14.4 Å². The molecular formula is C16H20N2O3. The Balaban J connectivity index is 2.25. The van der Waals surface area contributed by atoms with Crippen molar-refractivity contribution >= 4 is 17.7 Å². The molecule has 1 aromatic rings. The van der Waals surface area contributed by atoms with Crippen molar-refractivity contribution in [3.8, 4) is 0 Å². The number of amides is 3. The molecule has 0 unspecified atom stereocenters. The molecule has 1 fully saturated rings. The Bertz CT molecular complexity index is 538. The van der Waals surface area contributed by atoms with E-state index in [2.05, 4.69) is 0 Å². The third kappa shape index (κ3) is 2.96. The van der Waals surface area contributed by atoms with Gasteiger partial charge in [0.15, 0.2) is 0 Å². The maximum Gasteiger partial charge on any atom is 0.261 e. The Morgan fingerprint density at radius 1 is 1.19 bits per heavy atom. The van der Waals surface area contributed by atoms with Crippen molar-refractivity contribution in [1.82, 2.24) is 9.80 Å². The van der Waals surface area contributed by atoms with Gasteiger partial charge in [-0.2, -0.15) is 0 Å². The number of likely N-dealkylation sites (tertiary alicyclic amines) is 1. The minimum Gasteiger partial charge on any atom is -0.341 e. The summed E-state index contributed by atoms with van der Waals surface area (Å²) in [6.07, 6.45) is 0.656. The molecule has 2 rings (SSSR count). The second-order valence-electron chi connectivity index (χ2n) is 5.00. The van der Waals surface area contributed by atoms with E-state index in [1.807, 2.05) is 13.8 Å². The van der Waals surface area contributed by atoms with Gasteiger partial charge in [-0.05, 0) is 32.4 Å². The van der Waals surface area contributed by atoms with Crippen LogP contribution in [0.5, 0.6) is 0 Å². The van der Waals surface area contributed by atoms with Gasteiger partial charge < -0.3 is 4.90 Å². The molecule has 1 saturated heterocycles. The average Bonchev–Trinajstić information content (AvgIpc) is 2.90. The summed E-state index contributed by atoms with van der Waals surface area (Å²) in [4.78, 5) is 39.8. The zero-order chi connectivity index (χ0) is 15.4. The molecule has 0 aromatic heterocycles. The molecule has 0 saturated carbocycles. The van der Waals surface area contributed by atoms with E-state index in [0.29, 0.717) is 25.1 Å². The molecule has 1 aliphatic heterocycles. The number of hydrogen-bond donors (Lipinski definition) is 0. The average molecular weight is 288 g/mol. The second-order valence-corrected chi connectivity index (χ2v) is 5.00. The lowest BCUT2D eigenvalue weighted by molar-refractivity contribution is -0.139. The first-order valence-corrected chi connectivity index (χ1v) is 7.30. The summed E-state index contributed by atoms with van der Waals surface area (Å²) < 4.78 is 0. The van der Waals surface area contributed by atoms with Crippen LogP contribution in [0.15, 0.2) is 30.3 Å². The predicted molar refractivity (Wildman–Crippen MR) is 78.6 cm³/mol. The van der Waals surface area contributed by atoms with Crippen molar-refractivity contribution in [3.05, 3.63) is 35.9 Å². The number of likely N-dealkylation sites (N-methyl/N-ethyl adjacent to an activating group) is 1. The van der Waals surface area contributed by atoms with Crippen LogP contribution in [0.2, 0.25) is 0 Å². The van der Waals surface area contributed by atoms with Crippen molar-refractivity contribution in [3.63, 3.8) is 0 Å². The highest BCUT2D eigenvalue weighted by atomic mass is 16.2. The third-order valence-corrected chi connectivity index (χ3v) is 3.81. The number of nitrogens with zero attached hydrogens (tertiary/aromatic N) is 2. The fraction of sp³-hybridized carbons (Fsp3) is 0.438. The molecule has 112 valence electrons. The highest BCUT2D eigenvalue weighted by Crippen LogP contribution is 2.23. The van der Waals surface area contributed by atoms with Gasteiger partial charge in [-0.15, -0.1) is 0 Å². The molecular weight excluding hydrogens is 268 g/mol. The van der Waals surface area contributed by atoms with Crippen molar-refractivity contribution in [2.75, 3.05) is 13.1 Å². The Kier molecular flexibility index (Phi) is 4.73. The van der Waals surface area contributed by atoms with E-state index < -0.39 is 6.04 Å². The first-order valence-electron chi connectivity index (χ1n) is 7.30. The fourth-order valence-corrected chi connectivity index (χ4v) is 2.64. The van der Waals surface area contributed by atoms with Crippen LogP contribution in [0, 0.1) is 0 Å². The minimum atomic E-state index is -0.662. The quantitative estimate of drug-likeness (QED) is 0.792. The lowest BCUT2D eigenvalue weighted by Crippen LogP contribution is -2.49. The van der Waals surface area contributed by atoms with Gasteiger partial charge in [0.2, 0.25) is 11.8 Å². The molecule has 5 nitrogen and oxygen atoms in total. The molecule has 5 heteroatoms. The zero-order valence-electron chi connectivity index (χ0n) is 12.4. The number of benzene rings is 1. The van der Waals surface area contributed by atoms with Crippen LogP contribution in [-0.2, 0) is 9.59 Å². The first-order chi connectivity index (χ1) is 10.1. The van der Waals surface area contributed by atoms with Crippen molar-refractivity contribution in [1.29, 1.82) is 0 Å². The van der Waals surface area contributed by atoms with Gasteiger partial charge in [0.05, 0.1) is 0 Å². The number of carbonyl (C=O) groups is 3. The molecule has 1 aromatic carbocycles. The van der Waals surface area contributed by atoms with E-state index in [9.17, 15) is 14.4 Å². The summed E-state index contributed by atoms with van der Waals surface area (Å²) in [5.41, 5.74) is 0.435. The summed E-state index contributed by atoms with van der Waals surface area (Å²) in [5.74, 6) is -0.798. The van der Waals surface area contributed by atoms with E-state index >= 15 is 0 Å². The van der Waals surface area contributed by atoms with E-state index in [-0.39, 0.29) is 24.1 Å². The Hall–Kier alpha value is -2.17. The van der Waals surface area contributed by atoms with E-state index in [4.69, 9.17) is 0 Å². The van der Waals surface area contributed by atoms with Crippen molar-refractivity contribution in [2.24, 2.45) is 0 Å². The van der Waals surface area contributed by atoms with Crippen LogP contribution < -0.4 is 0 Å². The SMILES string of the molecule is CCN(CC)C(=O)[C@@H]1CCC(=O)N1C(=O)c1ccccc1. The van der Waals surface area contributed by atoms with Crippen LogP contribution in [0.25, 0.3) is 0 Å². The molecule has 1 atom stereocenters. The maximum atomic E-state index is 12.5. The first kappa shape index (κ1) is 15.2. The molecule has 1 aliphatic rings. The largest absolute Gasteiger partial charge is 0.341 e. The normalized spacial score (nSPS) is 17.9. The van der Waals surface area contributed by atoms with Crippen LogP contribution in [0.4, 0.5) is 0 Å². The molecule has 21 heavy (non-hydrogen) atoms. The third-order valence-electron chi connectivity index (χ3n) is 3.81. The second kappa shape index (κ2) is 6.52. The summed E-state index contributed by atoms with van der Waals surface area (Å²) >= 11 is 0. The minimum absolute atomic E-state index is 0.143. The summed E-state index contributed by atoms with van der Waals surface area (Å²) in [6.45, 7) is 4.93. The monoisotopic (exact) mass is 288 g/mol. The lowest BCUT2D eigenvalue weighted by Gasteiger charge is -2.27. The Morgan fingerprint density at radius 2 is 1.81 bits per heavy atom. The topological polar surface area (TPSA) is 57.7 Å². The molecule has 1 heterocycles. The van der Waals surface area contributed by atoms with E-state index in [0.717, 1.165) is 4.90 Å². The van der Waals surface area contributed by atoms with Gasteiger partial charge in [0, 0.05) is 25.1 Å². The molecule has 0 spiro atoms. The lowest BCUT2D eigenvalue weighted by atomic mass is 10.1. The maximum absolute atomic E-state index is 12.5. The van der Waals surface area contributed by atoms with Gasteiger partial charge in [-0.3, -0.25) is 19.3 Å². The van der Waals surface area contributed by atoms with Gasteiger partial charge in [-0.1, -0.05) is 18.2 Å². The van der Waals surface area contributed by atoms with Gasteiger partial charge in [0.25, 0.3) is 5.91 Å². The predicted octanol–water partition coefficient (Wildman–Crippen LogP) is 1.69. The number of carbonyl (C=O) groups excluding carboxylic acids is 3.